The number of hydrogen-bond donors (Lipinski definition) is 1. The number of nitrogens with zero attached hydrogens (tertiary/aromatic N) is 2. The van der Waals surface area contributed by atoms with E-state index in [1.54, 1.807) is 6.07 Å². The molecule has 132 valence electrons. The van der Waals surface area contributed by atoms with Gasteiger partial charge >= 0.3 is 0 Å². The van der Waals surface area contributed by atoms with Gasteiger partial charge < -0.3 is 10.2 Å². The number of amides is 1. The van der Waals surface area contributed by atoms with Crippen LogP contribution in [0.3, 0.4) is 0 Å². The minimum absolute atomic E-state index is 0.0240. The lowest BCUT2D eigenvalue weighted by Crippen LogP contribution is -2.43. The molecule has 6 heteroatoms. The van der Waals surface area contributed by atoms with E-state index in [1.165, 1.54) is 17.7 Å². The molecule has 0 radical (unpaired) electrons. The standard InChI is InChI=1S/C19H21BrFN3O/c1-23-8-10-24(11-9-23)13-14-2-5-16(6-3-14)22-19(25)17-12-15(20)4-7-18(17)21/h2-7,12H,8-11,13H2,1H3,(H,22,25). The van der Waals surface area contributed by atoms with Gasteiger partial charge in [0.1, 0.15) is 5.82 Å². The quantitative estimate of drug-likeness (QED) is 0.843. The van der Waals surface area contributed by atoms with Gasteiger partial charge in [0.15, 0.2) is 0 Å². The summed E-state index contributed by atoms with van der Waals surface area (Å²) in [5, 5.41) is 2.74. The molecule has 0 unspecified atom stereocenters. The summed E-state index contributed by atoms with van der Waals surface area (Å²) < 4.78 is 14.5. The van der Waals surface area contributed by atoms with Gasteiger partial charge in [-0.3, -0.25) is 9.69 Å². The molecule has 4 nitrogen and oxygen atoms in total. The van der Waals surface area contributed by atoms with Gasteiger partial charge in [0.2, 0.25) is 0 Å². The van der Waals surface area contributed by atoms with E-state index in [0.717, 1.165) is 32.7 Å². The molecule has 0 atom stereocenters. The second-order valence-corrected chi connectivity index (χ2v) is 7.27. The number of carbonyl (C=O) groups is 1. The van der Waals surface area contributed by atoms with Crippen LogP contribution < -0.4 is 5.32 Å². The molecule has 1 heterocycles. The number of carbonyl (C=O) groups excluding carboxylic acids is 1. The first kappa shape index (κ1) is 18.0. The molecule has 0 saturated carbocycles. The van der Waals surface area contributed by atoms with Crippen LogP contribution in [0.1, 0.15) is 15.9 Å². The average molecular weight is 406 g/mol. The van der Waals surface area contributed by atoms with Crippen molar-refractivity contribution in [2.45, 2.75) is 6.54 Å². The van der Waals surface area contributed by atoms with Gasteiger partial charge in [0, 0.05) is 42.9 Å². The Hall–Kier alpha value is -1.76. The summed E-state index contributed by atoms with van der Waals surface area (Å²) >= 11 is 3.26. The number of likely N-dealkylation sites (N-methyl/N-ethyl adjacent to an activating group) is 1. The molecule has 1 fully saturated rings. The topological polar surface area (TPSA) is 35.6 Å². The molecule has 1 amide bonds. The molecule has 1 saturated heterocycles. The number of piperazine rings is 1. The molecule has 2 aromatic carbocycles. The van der Waals surface area contributed by atoms with Gasteiger partial charge in [-0.2, -0.15) is 0 Å². The van der Waals surface area contributed by atoms with Crippen molar-refractivity contribution in [2.24, 2.45) is 0 Å². The summed E-state index contributed by atoms with van der Waals surface area (Å²) in [6.07, 6.45) is 0. The van der Waals surface area contributed by atoms with E-state index < -0.39 is 11.7 Å². The molecule has 3 rings (SSSR count). The Morgan fingerprint density at radius 2 is 1.80 bits per heavy atom. The number of halogens is 2. The SMILES string of the molecule is CN1CCN(Cc2ccc(NC(=O)c3cc(Br)ccc3F)cc2)CC1. The van der Waals surface area contributed by atoms with Crippen molar-refractivity contribution in [1.29, 1.82) is 0 Å². The van der Waals surface area contributed by atoms with Crippen molar-refractivity contribution in [3.8, 4) is 0 Å². The van der Waals surface area contributed by atoms with E-state index in [1.807, 2.05) is 24.3 Å². The predicted molar refractivity (Wildman–Crippen MR) is 101 cm³/mol. The molecule has 1 N–H and O–H groups in total. The van der Waals surface area contributed by atoms with Crippen LogP contribution in [-0.2, 0) is 6.54 Å². The highest BCUT2D eigenvalue weighted by Crippen LogP contribution is 2.18. The Morgan fingerprint density at radius 1 is 1.12 bits per heavy atom. The van der Waals surface area contributed by atoms with E-state index in [-0.39, 0.29) is 5.56 Å². The zero-order valence-electron chi connectivity index (χ0n) is 14.1. The lowest BCUT2D eigenvalue weighted by atomic mass is 10.1. The van der Waals surface area contributed by atoms with Crippen molar-refractivity contribution < 1.29 is 9.18 Å². The van der Waals surface area contributed by atoms with Crippen LogP contribution in [0.4, 0.5) is 10.1 Å². The van der Waals surface area contributed by atoms with Crippen molar-refractivity contribution in [2.75, 3.05) is 38.5 Å². The van der Waals surface area contributed by atoms with Crippen molar-refractivity contribution in [3.05, 3.63) is 63.9 Å². The van der Waals surface area contributed by atoms with Crippen LogP contribution in [0.25, 0.3) is 0 Å². The van der Waals surface area contributed by atoms with Crippen LogP contribution in [0, 0.1) is 5.82 Å². The number of anilines is 1. The Morgan fingerprint density at radius 3 is 2.48 bits per heavy atom. The maximum Gasteiger partial charge on any atom is 0.258 e. The Bertz CT molecular complexity index is 743. The molecule has 0 bridgehead atoms. The zero-order valence-corrected chi connectivity index (χ0v) is 15.7. The molecular formula is C19H21BrFN3O. The second kappa shape index (κ2) is 8.08. The molecule has 1 aliphatic rings. The normalized spacial score (nSPS) is 16.0. The minimum Gasteiger partial charge on any atom is -0.322 e. The third kappa shape index (κ3) is 4.87. The average Bonchev–Trinajstić information content (AvgIpc) is 2.60. The lowest BCUT2D eigenvalue weighted by Gasteiger charge is -2.32. The first-order chi connectivity index (χ1) is 12.0. The summed E-state index contributed by atoms with van der Waals surface area (Å²) in [6.45, 7) is 5.22. The first-order valence-corrected chi connectivity index (χ1v) is 9.07. The summed E-state index contributed by atoms with van der Waals surface area (Å²) in [5.41, 5.74) is 1.89. The van der Waals surface area contributed by atoms with E-state index in [4.69, 9.17) is 0 Å². The van der Waals surface area contributed by atoms with E-state index in [0.29, 0.717) is 10.2 Å². The maximum absolute atomic E-state index is 13.8. The van der Waals surface area contributed by atoms with E-state index >= 15 is 0 Å². The molecule has 2 aromatic rings. The van der Waals surface area contributed by atoms with Gasteiger partial charge in [-0.15, -0.1) is 0 Å². The predicted octanol–water partition coefficient (Wildman–Crippen LogP) is 3.59. The summed E-state index contributed by atoms with van der Waals surface area (Å²) in [6, 6.07) is 12.1. The fourth-order valence-corrected chi connectivity index (χ4v) is 3.19. The molecular weight excluding hydrogens is 385 g/mol. The summed E-state index contributed by atoms with van der Waals surface area (Å²) in [7, 11) is 2.14. The highest BCUT2D eigenvalue weighted by Gasteiger charge is 2.15. The second-order valence-electron chi connectivity index (χ2n) is 6.35. The van der Waals surface area contributed by atoms with E-state index in [2.05, 4.69) is 38.1 Å². The largest absolute Gasteiger partial charge is 0.322 e. The third-order valence-corrected chi connectivity index (χ3v) is 4.88. The van der Waals surface area contributed by atoms with Gasteiger partial charge in [0.25, 0.3) is 5.91 Å². The molecule has 25 heavy (non-hydrogen) atoms. The fourth-order valence-electron chi connectivity index (χ4n) is 2.83. The molecule has 0 spiro atoms. The first-order valence-electron chi connectivity index (χ1n) is 8.27. The highest BCUT2D eigenvalue weighted by molar-refractivity contribution is 9.10. The number of benzene rings is 2. The molecule has 0 aliphatic carbocycles. The Balaban J connectivity index is 1.60. The zero-order chi connectivity index (χ0) is 17.8. The van der Waals surface area contributed by atoms with Crippen LogP contribution in [0.2, 0.25) is 0 Å². The summed E-state index contributed by atoms with van der Waals surface area (Å²) in [5.74, 6) is -0.988. The van der Waals surface area contributed by atoms with Crippen molar-refractivity contribution >= 4 is 27.5 Å². The van der Waals surface area contributed by atoms with Crippen LogP contribution in [-0.4, -0.2) is 48.9 Å². The van der Waals surface area contributed by atoms with Crippen molar-refractivity contribution in [1.82, 2.24) is 9.80 Å². The Kier molecular flexibility index (Phi) is 5.83. The lowest BCUT2D eigenvalue weighted by molar-refractivity contribution is 0.102. The van der Waals surface area contributed by atoms with Crippen molar-refractivity contribution in [3.63, 3.8) is 0 Å². The van der Waals surface area contributed by atoms with Gasteiger partial charge in [-0.05, 0) is 42.9 Å². The third-order valence-electron chi connectivity index (χ3n) is 4.39. The number of nitrogens with one attached hydrogen (secondary N) is 1. The van der Waals surface area contributed by atoms with Gasteiger partial charge in [-0.25, -0.2) is 4.39 Å². The van der Waals surface area contributed by atoms with Crippen LogP contribution in [0.5, 0.6) is 0 Å². The molecule has 0 aromatic heterocycles. The van der Waals surface area contributed by atoms with Crippen LogP contribution in [0.15, 0.2) is 46.9 Å². The highest BCUT2D eigenvalue weighted by atomic mass is 79.9. The monoisotopic (exact) mass is 405 g/mol. The molecule has 1 aliphatic heterocycles. The fraction of sp³-hybridized carbons (Fsp3) is 0.316. The Labute approximate surface area is 155 Å². The van der Waals surface area contributed by atoms with E-state index in [9.17, 15) is 9.18 Å². The maximum atomic E-state index is 13.8. The van der Waals surface area contributed by atoms with Gasteiger partial charge in [-0.1, -0.05) is 28.1 Å². The van der Waals surface area contributed by atoms with Gasteiger partial charge in [0.05, 0.1) is 5.56 Å². The summed E-state index contributed by atoms with van der Waals surface area (Å²) in [4.78, 5) is 17.0. The number of hydrogen-bond acceptors (Lipinski definition) is 3. The van der Waals surface area contributed by atoms with Crippen LogP contribution >= 0.6 is 15.9 Å². The number of rotatable bonds is 4. The smallest absolute Gasteiger partial charge is 0.258 e. The minimum atomic E-state index is -0.535.